The fourth-order valence-electron chi connectivity index (χ4n) is 2.64. The van der Waals surface area contributed by atoms with Gasteiger partial charge >= 0.3 is 0 Å². The second-order valence-corrected chi connectivity index (χ2v) is 4.69. The zero-order chi connectivity index (χ0) is 13.4. The van der Waals surface area contributed by atoms with E-state index in [0.29, 0.717) is 0 Å². The predicted octanol–water partition coefficient (Wildman–Crippen LogP) is 4.59. The third-order valence-corrected chi connectivity index (χ3v) is 3.60. The van der Waals surface area contributed by atoms with Crippen molar-refractivity contribution in [3.8, 4) is 11.8 Å². The first kappa shape index (κ1) is 14.1. The van der Waals surface area contributed by atoms with Crippen molar-refractivity contribution >= 4 is 21.8 Å². The lowest BCUT2D eigenvalue weighted by molar-refractivity contribution is 1.14. The van der Waals surface area contributed by atoms with Crippen molar-refractivity contribution in [3.05, 3.63) is 41.2 Å². The summed E-state index contributed by atoms with van der Waals surface area (Å²) in [6.07, 6.45) is 2.86. The molecule has 0 saturated heterocycles. The molecule has 0 aliphatic rings. The monoisotopic (exact) mass is 264 g/mol. The Morgan fingerprint density at radius 2 is 1.90 bits per heavy atom. The van der Waals surface area contributed by atoms with Gasteiger partial charge in [0.15, 0.2) is 0 Å². The lowest BCUT2D eigenvalue weighted by Crippen LogP contribution is -1.88. The van der Waals surface area contributed by atoms with E-state index in [1.807, 2.05) is 20.0 Å². The Morgan fingerprint density at radius 3 is 2.60 bits per heavy atom. The van der Waals surface area contributed by atoms with E-state index in [9.17, 15) is 0 Å². The van der Waals surface area contributed by atoms with E-state index in [1.54, 1.807) is 0 Å². The molecular weight excluding hydrogens is 244 g/mol. The van der Waals surface area contributed by atoms with Crippen LogP contribution in [0, 0.1) is 18.8 Å². The van der Waals surface area contributed by atoms with Crippen molar-refractivity contribution in [2.75, 3.05) is 0 Å². The van der Waals surface area contributed by atoms with E-state index >= 15 is 0 Å². The van der Waals surface area contributed by atoms with Gasteiger partial charge in [0, 0.05) is 17.0 Å². The highest BCUT2D eigenvalue weighted by Gasteiger charge is 2.11. The maximum Gasteiger partial charge on any atom is 0.0681 e. The number of pyridine rings is 1. The van der Waals surface area contributed by atoms with Crippen LogP contribution >= 0.6 is 0 Å². The van der Waals surface area contributed by atoms with E-state index in [4.69, 9.17) is 0 Å². The minimum atomic E-state index is 0. The zero-order valence-corrected chi connectivity index (χ0v) is 11.5. The Balaban J connectivity index is 0.00000147. The van der Waals surface area contributed by atoms with Crippen molar-refractivity contribution in [1.82, 2.24) is 9.97 Å². The van der Waals surface area contributed by atoms with Crippen LogP contribution in [0.25, 0.3) is 21.8 Å². The van der Waals surface area contributed by atoms with Gasteiger partial charge in [-0.15, -0.1) is 5.92 Å². The first-order valence-corrected chi connectivity index (χ1v) is 6.58. The third kappa shape index (κ3) is 1.96. The molecule has 0 amide bonds. The first-order valence-electron chi connectivity index (χ1n) is 6.58. The number of nitrogens with zero attached hydrogens (tertiary/aromatic N) is 1. The molecule has 0 atom stereocenters. The van der Waals surface area contributed by atoms with E-state index < -0.39 is 0 Å². The standard InChI is InChI=1S/C17H16N2.CH4/c1-4-6-13-12(5-2)7-8-14-15-9-10-18-11(3)16(15)19-17(13)14;/h7-10,19H,5H2,1-3H3;1H4. The van der Waals surface area contributed by atoms with Crippen LogP contribution in [0.15, 0.2) is 24.4 Å². The van der Waals surface area contributed by atoms with Crippen LogP contribution in [-0.4, -0.2) is 9.97 Å². The molecule has 1 aromatic carbocycles. The van der Waals surface area contributed by atoms with Gasteiger partial charge in [0.25, 0.3) is 0 Å². The minimum Gasteiger partial charge on any atom is -0.352 e. The van der Waals surface area contributed by atoms with Gasteiger partial charge in [-0.1, -0.05) is 32.4 Å². The molecule has 0 radical (unpaired) electrons. The number of fused-ring (bicyclic) bond motifs is 3. The molecule has 0 fully saturated rings. The predicted molar refractivity (Wildman–Crippen MR) is 87.0 cm³/mol. The smallest absolute Gasteiger partial charge is 0.0681 e. The quantitative estimate of drug-likeness (QED) is 0.640. The molecule has 0 aliphatic carbocycles. The summed E-state index contributed by atoms with van der Waals surface area (Å²) in [4.78, 5) is 7.86. The summed E-state index contributed by atoms with van der Waals surface area (Å²) < 4.78 is 0. The van der Waals surface area contributed by atoms with Gasteiger partial charge in [-0.2, -0.15) is 0 Å². The van der Waals surface area contributed by atoms with Crippen LogP contribution in [0.4, 0.5) is 0 Å². The lowest BCUT2D eigenvalue weighted by atomic mass is 10.0. The van der Waals surface area contributed by atoms with E-state index in [2.05, 4.69) is 46.9 Å². The first-order chi connectivity index (χ1) is 9.26. The summed E-state index contributed by atoms with van der Waals surface area (Å²) in [5, 5.41) is 2.46. The van der Waals surface area contributed by atoms with Gasteiger partial charge in [0.05, 0.1) is 22.3 Å². The average Bonchev–Trinajstić information content (AvgIpc) is 2.80. The molecule has 2 aromatic heterocycles. The third-order valence-electron chi connectivity index (χ3n) is 3.60. The number of hydrogen-bond acceptors (Lipinski definition) is 1. The molecule has 1 N–H and O–H groups in total. The topological polar surface area (TPSA) is 28.7 Å². The second-order valence-electron chi connectivity index (χ2n) is 4.69. The van der Waals surface area contributed by atoms with E-state index in [-0.39, 0.29) is 7.43 Å². The Labute approximate surface area is 120 Å². The fraction of sp³-hybridized carbons (Fsp3) is 0.278. The Hall–Kier alpha value is -2.27. The van der Waals surface area contributed by atoms with E-state index in [0.717, 1.165) is 28.7 Å². The number of rotatable bonds is 1. The molecule has 0 bridgehead atoms. The number of aromatic amines is 1. The van der Waals surface area contributed by atoms with Gasteiger partial charge in [0.2, 0.25) is 0 Å². The SMILES string of the molecule is C.CC#Cc1c(CC)ccc2c1[nH]c1c(C)nccc12. The molecule has 2 nitrogen and oxygen atoms in total. The average molecular weight is 264 g/mol. The molecule has 0 unspecified atom stereocenters. The van der Waals surface area contributed by atoms with Crippen molar-refractivity contribution < 1.29 is 0 Å². The van der Waals surface area contributed by atoms with Gasteiger partial charge < -0.3 is 4.98 Å². The van der Waals surface area contributed by atoms with Crippen LogP contribution < -0.4 is 0 Å². The number of benzene rings is 1. The highest BCUT2D eigenvalue weighted by atomic mass is 14.8. The minimum absolute atomic E-state index is 0. The van der Waals surface area contributed by atoms with Crippen LogP contribution in [0.1, 0.15) is 38.1 Å². The van der Waals surface area contributed by atoms with Gasteiger partial charge in [0.1, 0.15) is 0 Å². The Morgan fingerprint density at radius 1 is 1.15 bits per heavy atom. The van der Waals surface area contributed by atoms with Gasteiger partial charge in [-0.05, 0) is 31.9 Å². The molecular formula is C18H20N2. The molecule has 0 aliphatic heterocycles. The summed E-state index contributed by atoms with van der Waals surface area (Å²) in [6, 6.07) is 6.44. The Kier molecular flexibility index (Phi) is 3.81. The number of nitrogens with one attached hydrogen (secondary N) is 1. The summed E-state index contributed by atoms with van der Waals surface area (Å²) in [7, 11) is 0. The van der Waals surface area contributed by atoms with Crippen LogP contribution in [-0.2, 0) is 6.42 Å². The van der Waals surface area contributed by atoms with Crippen molar-refractivity contribution in [2.24, 2.45) is 0 Å². The maximum atomic E-state index is 4.35. The molecule has 2 heterocycles. The Bertz CT molecular complexity index is 829. The second kappa shape index (κ2) is 5.38. The molecule has 0 saturated carbocycles. The number of aryl methyl sites for hydroxylation is 2. The maximum absolute atomic E-state index is 4.35. The van der Waals surface area contributed by atoms with Crippen LogP contribution in [0.2, 0.25) is 0 Å². The normalized spacial score (nSPS) is 10.2. The van der Waals surface area contributed by atoms with Crippen LogP contribution in [0.3, 0.4) is 0 Å². The highest BCUT2D eigenvalue weighted by Crippen LogP contribution is 2.30. The number of aromatic nitrogens is 2. The molecule has 20 heavy (non-hydrogen) atoms. The zero-order valence-electron chi connectivity index (χ0n) is 11.5. The lowest BCUT2D eigenvalue weighted by Gasteiger charge is -2.03. The number of H-pyrrole nitrogens is 1. The number of hydrogen-bond donors (Lipinski definition) is 1. The van der Waals surface area contributed by atoms with Crippen LogP contribution in [0.5, 0.6) is 0 Å². The summed E-state index contributed by atoms with van der Waals surface area (Å²) in [5.74, 6) is 6.27. The van der Waals surface area contributed by atoms with E-state index in [1.165, 1.54) is 16.3 Å². The fourth-order valence-corrected chi connectivity index (χ4v) is 2.64. The van der Waals surface area contributed by atoms with Gasteiger partial charge in [-0.25, -0.2) is 0 Å². The summed E-state index contributed by atoms with van der Waals surface area (Å²) in [6.45, 7) is 6.08. The largest absolute Gasteiger partial charge is 0.352 e. The van der Waals surface area contributed by atoms with Crippen molar-refractivity contribution in [2.45, 2.75) is 34.6 Å². The molecule has 2 heteroatoms. The van der Waals surface area contributed by atoms with Crippen molar-refractivity contribution in [1.29, 1.82) is 0 Å². The molecule has 3 rings (SSSR count). The van der Waals surface area contributed by atoms with Crippen molar-refractivity contribution in [3.63, 3.8) is 0 Å². The highest BCUT2D eigenvalue weighted by molar-refractivity contribution is 6.09. The summed E-state index contributed by atoms with van der Waals surface area (Å²) >= 11 is 0. The molecule has 102 valence electrons. The molecule has 0 spiro atoms. The molecule has 3 aromatic rings. The van der Waals surface area contributed by atoms with Gasteiger partial charge in [-0.3, -0.25) is 4.98 Å². The summed E-state index contributed by atoms with van der Waals surface area (Å²) in [5.41, 5.74) is 5.70.